The SMILES string of the molecule is NS(=O)(=O)c1ccc(N=C2NC(=O)/C(=C3/C(=O)N(Cc4ccccc4)c4ccc(Cl)cc43)S2)cc1. The number of sulfonamides is 1. The first-order chi connectivity index (χ1) is 16.7. The Kier molecular flexibility index (Phi) is 5.97. The number of thioether (sulfide) groups is 1. The highest BCUT2D eigenvalue weighted by Gasteiger charge is 2.39. The molecule has 0 aromatic heterocycles. The molecule has 0 unspecified atom stereocenters. The van der Waals surface area contributed by atoms with Crippen LogP contribution in [0, 0.1) is 0 Å². The lowest BCUT2D eigenvalue weighted by Gasteiger charge is -2.17. The summed E-state index contributed by atoms with van der Waals surface area (Å²) in [5, 5.41) is 8.51. The lowest BCUT2D eigenvalue weighted by molar-refractivity contribution is -0.116. The number of halogens is 1. The number of nitrogens with one attached hydrogen (secondary N) is 1. The van der Waals surface area contributed by atoms with Crippen LogP contribution in [0.25, 0.3) is 5.57 Å². The Morgan fingerprint density at radius 2 is 1.71 bits per heavy atom. The van der Waals surface area contributed by atoms with E-state index in [9.17, 15) is 18.0 Å². The van der Waals surface area contributed by atoms with Crippen molar-refractivity contribution in [2.75, 3.05) is 4.90 Å². The summed E-state index contributed by atoms with van der Waals surface area (Å²) in [4.78, 5) is 32.6. The van der Waals surface area contributed by atoms with Crippen molar-refractivity contribution in [1.29, 1.82) is 0 Å². The van der Waals surface area contributed by atoms with Gasteiger partial charge in [-0.2, -0.15) is 0 Å². The topological polar surface area (TPSA) is 122 Å². The summed E-state index contributed by atoms with van der Waals surface area (Å²) in [7, 11) is -3.83. The number of carbonyl (C=O) groups is 2. The van der Waals surface area contributed by atoms with E-state index in [0.717, 1.165) is 17.3 Å². The fraction of sp³-hybridized carbons (Fsp3) is 0.0417. The maximum absolute atomic E-state index is 13.5. The minimum absolute atomic E-state index is 0.0455. The van der Waals surface area contributed by atoms with Crippen molar-refractivity contribution >= 4 is 67.3 Å². The molecule has 3 aromatic carbocycles. The Hall–Kier alpha value is -3.44. The number of hydrogen-bond acceptors (Lipinski definition) is 6. The first kappa shape index (κ1) is 23.3. The summed E-state index contributed by atoms with van der Waals surface area (Å²) >= 11 is 7.27. The van der Waals surface area contributed by atoms with Gasteiger partial charge in [-0.3, -0.25) is 9.59 Å². The number of amidine groups is 1. The van der Waals surface area contributed by atoms with Crippen molar-refractivity contribution in [3.63, 3.8) is 0 Å². The fourth-order valence-electron chi connectivity index (χ4n) is 3.81. The number of fused-ring (bicyclic) bond motifs is 1. The number of amides is 2. The molecule has 3 aromatic rings. The van der Waals surface area contributed by atoms with Crippen LogP contribution in [0.2, 0.25) is 5.02 Å². The van der Waals surface area contributed by atoms with Crippen molar-refractivity contribution in [2.24, 2.45) is 10.1 Å². The van der Waals surface area contributed by atoms with Crippen molar-refractivity contribution in [3.8, 4) is 0 Å². The molecule has 176 valence electrons. The van der Waals surface area contributed by atoms with Gasteiger partial charge in [-0.15, -0.1) is 0 Å². The van der Waals surface area contributed by atoms with Crippen molar-refractivity contribution in [3.05, 3.63) is 93.9 Å². The van der Waals surface area contributed by atoms with E-state index in [1.54, 1.807) is 23.1 Å². The van der Waals surface area contributed by atoms with Crippen molar-refractivity contribution in [2.45, 2.75) is 11.4 Å². The predicted molar refractivity (Wildman–Crippen MR) is 137 cm³/mol. The Morgan fingerprint density at radius 3 is 2.40 bits per heavy atom. The van der Waals surface area contributed by atoms with Crippen LogP contribution >= 0.6 is 23.4 Å². The van der Waals surface area contributed by atoms with Gasteiger partial charge < -0.3 is 10.2 Å². The lowest BCUT2D eigenvalue weighted by Crippen LogP contribution is -2.26. The molecule has 2 aliphatic rings. The second-order valence-electron chi connectivity index (χ2n) is 7.75. The number of benzene rings is 3. The molecule has 3 N–H and O–H groups in total. The quantitative estimate of drug-likeness (QED) is 0.503. The highest BCUT2D eigenvalue weighted by atomic mass is 35.5. The summed E-state index contributed by atoms with van der Waals surface area (Å²) in [6.45, 7) is 0.342. The van der Waals surface area contributed by atoms with Crippen LogP contribution in [0.5, 0.6) is 0 Å². The molecule has 2 heterocycles. The van der Waals surface area contributed by atoms with E-state index in [1.807, 2.05) is 30.3 Å². The maximum Gasteiger partial charge on any atom is 0.264 e. The number of hydrogen-bond donors (Lipinski definition) is 2. The third-order valence-electron chi connectivity index (χ3n) is 5.41. The molecule has 35 heavy (non-hydrogen) atoms. The number of aliphatic imine (C=N–C) groups is 1. The van der Waals surface area contributed by atoms with E-state index in [0.29, 0.717) is 28.5 Å². The van der Waals surface area contributed by atoms with Gasteiger partial charge in [0, 0.05) is 10.6 Å². The number of anilines is 1. The summed E-state index contributed by atoms with van der Waals surface area (Å²) in [5.41, 5.74) is 2.87. The minimum Gasteiger partial charge on any atom is -0.303 e. The normalized spacial score (nSPS) is 18.8. The summed E-state index contributed by atoms with van der Waals surface area (Å²) in [6, 6.07) is 20.3. The smallest absolute Gasteiger partial charge is 0.264 e. The second kappa shape index (κ2) is 8.97. The fourth-order valence-corrected chi connectivity index (χ4v) is 5.43. The van der Waals surface area contributed by atoms with E-state index in [2.05, 4.69) is 10.3 Å². The lowest BCUT2D eigenvalue weighted by atomic mass is 10.1. The van der Waals surface area contributed by atoms with Crippen molar-refractivity contribution in [1.82, 2.24) is 5.32 Å². The molecule has 0 atom stereocenters. The Labute approximate surface area is 210 Å². The number of nitrogens with zero attached hydrogens (tertiary/aromatic N) is 2. The third kappa shape index (κ3) is 4.61. The van der Waals surface area contributed by atoms with Gasteiger partial charge in [0.25, 0.3) is 11.8 Å². The predicted octanol–water partition coefficient (Wildman–Crippen LogP) is 3.80. The molecule has 0 aliphatic carbocycles. The van der Waals surface area contributed by atoms with Crippen LogP contribution in [0.4, 0.5) is 11.4 Å². The van der Waals surface area contributed by atoms with Gasteiger partial charge in [-0.1, -0.05) is 41.9 Å². The third-order valence-corrected chi connectivity index (χ3v) is 7.55. The molecular weight excluding hydrogens is 508 g/mol. The highest BCUT2D eigenvalue weighted by Crippen LogP contribution is 2.44. The van der Waals surface area contributed by atoms with Crippen LogP contribution in [0.15, 0.2) is 87.6 Å². The molecule has 0 saturated carbocycles. The summed E-state index contributed by atoms with van der Waals surface area (Å²) in [6.07, 6.45) is 0. The zero-order valence-electron chi connectivity index (χ0n) is 17.9. The van der Waals surface area contributed by atoms with E-state index in [1.165, 1.54) is 24.3 Å². The largest absolute Gasteiger partial charge is 0.303 e. The number of carbonyl (C=O) groups excluding carboxylic acids is 2. The van der Waals surface area contributed by atoms with Gasteiger partial charge in [-0.25, -0.2) is 18.5 Å². The first-order valence-electron chi connectivity index (χ1n) is 10.3. The molecule has 1 fully saturated rings. The Bertz CT molecular complexity index is 1540. The standard InChI is InChI=1S/C24H17ClN4O4S2/c25-15-6-11-19-18(12-15)20(23(31)29(19)13-14-4-2-1-3-5-14)21-22(30)28-24(34-21)27-16-7-9-17(10-8-16)35(26,32)33/h1-12H,13H2,(H2,26,32,33)(H,27,28,30)/b21-20-. The first-order valence-corrected chi connectivity index (χ1v) is 13.1. The molecular formula is C24H17ClN4O4S2. The monoisotopic (exact) mass is 524 g/mol. The average Bonchev–Trinajstić information content (AvgIpc) is 3.30. The van der Waals surface area contributed by atoms with E-state index < -0.39 is 15.9 Å². The van der Waals surface area contributed by atoms with Crippen LogP contribution in [-0.2, 0) is 26.2 Å². The summed E-state index contributed by atoms with van der Waals surface area (Å²) in [5.74, 6) is -0.756. The average molecular weight is 525 g/mol. The van der Waals surface area contributed by atoms with Crippen LogP contribution in [0.3, 0.4) is 0 Å². The van der Waals surface area contributed by atoms with Crippen LogP contribution in [-0.4, -0.2) is 25.4 Å². The van der Waals surface area contributed by atoms with Gasteiger partial charge in [0.05, 0.1) is 33.3 Å². The molecule has 8 nitrogen and oxygen atoms in total. The van der Waals surface area contributed by atoms with Gasteiger partial charge >= 0.3 is 0 Å². The van der Waals surface area contributed by atoms with Crippen molar-refractivity contribution < 1.29 is 18.0 Å². The molecule has 0 spiro atoms. The summed E-state index contributed by atoms with van der Waals surface area (Å²) < 4.78 is 22.9. The van der Waals surface area contributed by atoms with E-state index in [-0.39, 0.29) is 26.4 Å². The van der Waals surface area contributed by atoms with Gasteiger partial charge in [0.1, 0.15) is 0 Å². The minimum atomic E-state index is -3.83. The molecule has 5 rings (SSSR count). The van der Waals surface area contributed by atoms with E-state index >= 15 is 0 Å². The number of primary sulfonamides is 1. The van der Waals surface area contributed by atoms with E-state index in [4.69, 9.17) is 16.7 Å². The maximum atomic E-state index is 13.5. The van der Waals surface area contributed by atoms with Crippen LogP contribution < -0.4 is 15.4 Å². The molecule has 11 heteroatoms. The Morgan fingerprint density at radius 1 is 1.00 bits per heavy atom. The molecule has 2 aliphatic heterocycles. The highest BCUT2D eigenvalue weighted by molar-refractivity contribution is 8.18. The second-order valence-corrected chi connectivity index (χ2v) is 10.8. The number of rotatable bonds is 4. The van der Waals surface area contributed by atoms with Gasteiger partial charge in [0.2, 0.25) is 10.0 Å². The molecule has 2 amide bonds. The Balaban J connectivity index is 1.51. The van der Waals surface area contributed by atoms with Crippen LogP contribution in [0.1, 0.15) is 11.1 Å². The molecule has 0 radical (unpaired) electrons. The molecule has 0 bridgehead atoms. The number of nitrogens with two attached hydrogens (primary N) is 1. The zero-order chi connectivity index (χ0) is 24.7. The van der Waals surface area contributed by atoms with Gasteiger partial charge in [0.15, 0.2) is 5.17 Å². The molecule has 1 saturated heterocycles. The zero-order valence-corrected chi connectivity index (χ0v) is 20.3. The van der Waals surface area contributed by atoms with Gasteiger partial charge in [-0.05, 0) is 59.8 Å².